The second-order valence-corrected chi connectivity index (χ2v) is 4.29. The standard InChI is InChI=1S/C13H19NO3/c1-10(2)9-17-13(16)7-14-12-5-3-4-11(6-12)8-15/h3-6,10,14-15H,7-9H2,1-2H3. The molecule has 0 saturated carbocycles. The Morgan fingerprint density at radius 1 is 1.47 bits per heavy atom. The molecule has 94 valence electrons. The summed E-state index contributed by atoms with van der Waals surface area (Å²) in [6, 6.07) is 7.29. The second kappa shape index (κ2) is 6.91. The van der Waals surface area contributed by atoms with Crippen molar-refractivity contribution in [3.8, 4) is 0 Å². The van der Waals surface area contributed by atoms with E-state index < -0.39 is 0 Å². The van der Waals surface area contributed by atoms with Crippen LogP contribution in [0.1, 0.15) is 19.4 Å². The van der Waals surface area contributed by atoms with Gasteiger partial charge < -0.3 is 15.2 Å². The molecule has 0 amide bonds. The Kier molecular flexibility index (Phi) is 5.49. The van der Waals surface area contributed by atoms with Crippen LogP contribution in [0.2, 0.25) is 0 Å². The van der Waals surface area contributed by atoms with Gasteiger partial charge in [0.25, 0.3) is 0 Å². The first-order valence-electron chi connectivity index (χ1n) is 5.71. The SMILES string of the molecule is CC(C)COC(=O)CNc1cccc(CO)c1. The van der Waals surface area contributed by atoms with Crippen LogP contribution in [0.5, 0.6) is 0 Å². The number of carbonyl (C=O) groups is 1. The first kappa shape index (κ1) is 13.5. The fraction of sp³-hybridized carbons (Fsp3) is 0.462. The fourth-order valence-corrected chi connectivity index (χ4v) is 1.26. The van der Waals surface area contributed by atoms with Crippen LogP contribution >= 0.6 is 0 Å². The molecule has 0 aromatic heterocycles. The van der Waals surface area contributed by atoms with Crippen molar-refractivity contribution in [2.75, 3.05) is 18.5 Å². The normalized spacial score (nSPS) is 10.4. The van der Waals surface area contributed by atoms with Crippen molar-refractivity contribution < 1.29 is 14.6 Å². The van der Waals surface area contributed by atoms with Crippen molar-refractivity contribution in [3.63, 3.8) is 0 Å². The minimum absolute atomic E-state index is 0.00663. The molecule has 0 fully saturated rings. The summed E-state index contributed by atoms with van der Waals surface area (Å²) < 4.78 is 5.03. The third-order valence-electron chi connectivity index (χ3n) is 2.12. The van der Waals surface area contributed by atoms with Gasteiger partial charge in [0.05, 0.1) is 13.2 Å². The Morgan fingerprint density at radius 3 is 2.88 bits per heavy atom. The average molecular weight is 237 g/mol. The molecule has 0 aliphatic carbocycles. The van der Waals surface area contributed by atoms with Gasteiger partial charge in [-0.25, -0.2) is 0 Å². The molecular weight excluding hydrogens is 218 g/mol. The molecule has 0 heterocycles. The number of ether oxygens (including phenoxy) is 1. The molecule has 0 bridgehead atoms. The minimum Gasteiger partial charge on any atom is -0.464 e. The van der Waals surface area contributed by atoms with Crippen LogP contribution < -0.4 is 5.32 Å². The van der Waals surface area contributed by atoms with Crippen LogP contribution in [0.4, 0.5) is 5.69 Å². The van der Waals surface area contributed by atoms with Crippen molar-refractivity contribution >= 4 is 11.7 Å². The summed E-state index contributed by atoms with van der Waals surface area (Å²) in [5.74, 6) is 0.0739. The van der Waals surface area contributed by atoms with Gasteiger partial charge in [0.15, 0.2) is 0 Å². The van der Waals surface area contributed by atoms with E-state index in [0.29, 0.717) is 12.5 Å². The van der Waals surface area contributed by atoms with Crippen molar-refractivity contribution in [2.24, 2.45) is 5.92 Å². The maximum absolute atomic E-state index is 11.3. The Hall–Kier alpha value is -1.55. The van der Waals surface area contributed by atoms with Crippen LogP contribution in [0, 0.1) is 5.92 Å². The zero-order valence-electron chi connectivity index (χ0n) is 10.3. The first-order chi connectivity index (χ1) is 8.11. The number of nitrogens with one attached hydrogen (secondary N) is 1. The minimum atomic E-state index is -0.270. The number of aliphatic hydroxyl groups is 1. The lowest BCUT2D eigenvalue weighted by molar-refractivity contribution is -0.142. The summed E-state index contributed by atoms with van der Waals surface area (Å²) in [7, 11) is 0. The van der Waals surface area contributed by atoms with Gasteiger partial charge in [-0.15, -0.1) is 0 Å². The fourth-order valence-electron chi connectivity index (χ4n) is 1.26. The highest BCUT2D eigenvalue weighted by molar-refractivity contribution is 5.75. The van der Waals surface area contributed by atoms with Gasteiger partial charge in [-0.05, 0) is 23.6 Å². The van der Waals surface area contributed by atoms with Gasteiger partial charge in [-0.3, -0.25) is 4.79 Å². The van der Waals surface area contributed by atoms with Gasteiger partial charge in [-0.2, -0.15) is 0 Å². The Morgan fingerprint density at radius 2 is 2.24 bits per heavy atom. The molecule has 4 nitrogen and oxygen atoms in total. The second-order valence-electron chi connectivity index (χ2n) is 4.29. The van der Waals surface area contributed by atoms with E-state index in [4.69, 9.17) is 9.84 Å². The van der Waals surface area contributed by atoms with Crippen LogP contribution in [-0.2, 0) is 16.1 Å². The summed E-state index contributed by atoms with van der Waals surface area (Å²) in [5.41, 5.74) is 1.61. The number of esters is 1. The number of rotatable bonds is 6. The lowest BCUT2D eigenvalue weighted by Gasteiger charge is -2.09. The molecule has 0 atom stereocenters. The van der Waals surface area contributed by atoms with E-state index in [0.717, 1.165) is 11.3 Å². The van der Waals surface area contributed by atoms with Crippen molar-refractivity contribution in [1.82, 2.24) is 0 Å². The quantitative estimate of drug-likeness (QED) is 0.741. The number of carbonyl (C=O) groups excluding carboxylic acids is 1. The highest BCUT2D eigenvalue weighted by atomic mass is 16.5. The van der Waals surface area contributed by atoms with Gasteiger partial charge >= 0.3 is 5.97 Å². The van der Waals surface area contributed by atoms with Gasteiger partial charge in [0.1, 0.15) is 6.54 Å². The van der Waals surface area contributed by atoms with Crippen LogP contribution in [0.25, 0.3) is 0 Å². The smallest absolute Gasteiger partial charge is 0.325 e. The van der Waals surface area contributed by atoms with Crippen LogP contribution in [0.3, 0.4) is 0 Å². The summed E-state index contributed by atoms with van der Waals surface area (Å²) in [5, 5.41) is 11.9. The number of benzene rings is 1. The third-order valence-corrected chi connectivity index (χ3v) is 2.12. The predicted molar refractivity (Wildman–Crippen MR) is 66.7 cm³/mol. The van der Waals surface area contributed by atoms with Crippen LogP contribution in [-0.4, -0.2) is 24.2 Å². The summed E-state index contributed by atoms with van der Waals surface area (Å²) in [6.07, 6.45) is 0. The molecule has 1 aromatic carbocycles. The molecule has 0 saturated heterocycles. The van der Waals surface area contributed by atoms with E-state index in [1.807, 2.05) is 32.0 Å². The highest BCUT2D eigenvalue weighted by Gasteiger charge is 2.04. The number of hydrogen-bond acceptors (Lipinski definition) is 4. The van der Waals surface area contributed by atoms with Gasteiger partial charge in [0, 0.05) is 5.69 Å². The average Bonchev–Trinajstić information content (AvgIpc) is 2.34. The molecular formula is C13H19NO3. The lowest BCUT2D eigenvalue weighted by Crippen LogP contribution is -2.19. The van der Waals surface area contributed by atoms with E-state index in [2.05, 4.69) is 5.32 Å². The first-order valence-corrected chi connectivity index (χ1v) is 5.71. The summed E-state index contributed by atoms with van der Waals surface area (Å²) >= 11 is 0. The predicted octanol–water partition coefficient (Wildman–Crippen LogP) is 1.79. The molecule has 0 radical (unpaired) electrons. The molecule has 0 spiro atoms. The maximum Gasteiger partial charge on any atom is 0.325 e. The zero-order valence-corrected chi connectivity index (χ0v) is 10.3. The Balaban J connectivity index is 2.36. The molecule has 4 heteroatoms. The maximum atomic E-state index is 11.3. The molecule has 1 rings (SSSR count). The summed E-state index contributed by atoms with van der Waals surface area (Å²) in [4.78, 5) is 11.3. The molecule has 0 aliphatic rings. The van der Waals surface area contributed by atoms with Crippen molar-refractivity contribution in [1.29, 1.82) is 0 Å². The number of anilines is 1. The molecule has 0 aliphatic heterocycles. The molecule has 17 heavy (non-hydrogen) atoms. The van der Waals surface area contributed by atoms with Crippen LogP contribution in [0.15, 0.2) is 24.3 Å². The van der Waals surface area contributed by atoms with E-state index >= 15 is 0 Å². The van der Waals surface area contributed by atoms with E-state index in [9.17, 15) is 4.79 Å². The molecule has 2 N–H and O–H groups in total. The zero-order chi connectivity index (χ0) is 12.7. The van der Waals surface area contributed by atoms with Gasteiger partial charge in [0.2, 0.25) is 0 Å². The molecule has 0 unspecified atom stereocenters. The third kappa shape index (κ3) is 5.36. The number of hydrogen-bond donors (Lipinski definition) is 2. The summed E-state index contributed by atoms with van der Waals surface area (Å²) in [6.45, 7) is 4.56. The monoisotopic (exact) mass is 237 g/mol. The van der Waals surface area contributed by atoms with Crippen molar-refractivity contribution in [2.45, 2.75) is 20.5 Å². The number of aliphatic hydroxyl groups excluding tert-OH is 1. The van der Waals surface area contributed by atoms with E-state index in [1.165, 1.54) is 0 Å². The molecule has 1 aromatic rings. The topological polar surface area (TPSA) is 58.6 Å². The van der Waals surface area contributed by atoms with Crippen molar-refractivity contribution in [3.05, 3.63) is 29.8 Å². The lowest BCUT2D eigenvalue weighted by atomic mass is 10.2. The van der Waals surface area contributed by atoms with Gasteiger partial charge in [-0.1, -0.05) is 26.0 Å². The van der Waals surface area contributed by atoms with E-state index in [1.54, 1.807) is 6.07 Å². The Labute approximate surface area is 102 Å². The highest BCUT2D eigenvalue weighted by Crippen LogP contribution is 2.10. The largest absolute Gasteiger partial charge is 0.464 e. The van der Waals surface area contributed by atoms with E-state index in [-0.39, 0.29) is 19.1 Å². The Bertz CT molecular complexity index is 363.